The molecular formula is C18H22N2O3S. The fourth-order valence-electron chi connectivity index (χ4n) is 2.07. The van der Waals surface area contributed by atoms with E-state index in [1.54, 1.807) is 25.3 Å². The Bertz CT molecular complexity index is 695. The van der Waals surface area contributed by atoms with Gasteiger partial charge >= 0.3 is 0 Å². The first-order valence-corrected chi connectivity index (χ1v) is 8.72. The minimum Gasteiger partial charge on any atom is -0.495 e. The molecule has 0 saturated heterocycles. The molecule has 1 aromatic carbocycles. The topological polar surface area (TPSA) is 67.4 Å². The number of amides is 2. The van der Waals surface area contributed by atoms with Crippen molar-refractivity contribution in [2.75, 3.05) is 7.11 Å². The molecule has 1 unspecified atom stereocenters. The Kier molecular flexibility index (Phi) is 6.37. The van der Waals surface area contributed by atoms with Crippen molar-refractivity contribution in [2.24, 2.45) is 0 Å². The van der Waals surface area contributed by atoms with Crippen LogP contribution in [0.5, 0.6) is 5.75 Å². The number of thiophene rings is 1. The van der Waals surface area contributed by atoms with Crippen LogP contribution in [0, 0.1) is 0 Å². The zero-order chi connectivity index (χ0) is 17.5. The molecule has 2 N–H and O–H groups in total. The summed E-state index contributed by atoms with van der Waals surface area (Å²) >= 11 is 1.34. The molecule has 24 heavy (non-hydrogen) atoms. The van der Waals surface area contributed by atoms with Gasteiger partial charge in [-0.05, 0) is 42.5 Å². The molecule has 0 bridgehead atoms. The molecule has 0 aliphatic carbocycles. The van der Waals surface area contributed by atoms with Gasteiger partial charge in [-0.3, -0.25) is 9.59 Å². The van der Waals surface area contributed by atoms with Crippen molar-refractivity contribution in [2.45, 2.75) is 32.9 Å². The average molecular weight is 346 g/mol. The van der Waals surface area contributed by atoms with E-state index in [9.17, 15) is 9.59 Å². The fourth-order valence-corrected chi connectivity index (χ4v) is 2.84. The third-order valence-corrected chi connectivity index (χ3v) is 4.61. The van der Waals surface area contributed by atoms with Crippen molar-refractivity contribution in [3.8, 4) is 5.75 Å². The molecule has 0 fully saturated rings. The van der Waals surface area contributed by atoms with Gasteiger partial charge in [0.2, 0.25) is 0 Å². The first kappa shape index (κ1) is 18.0. The first-order chi connectivity index (χ1) is 11.5. The number of hydrogen-bond acceptors (Lipinski definition) is 4. The van der Waals surface area contributed by atoms with Crippen LogP contribution in [0.3, 0.4) is 0 Å². The second kappa shape index (κ2) is 8.49. The Labute approximate surface area is 146 Å². The maximum atomic E-state index is 12.1. The number of ether oxygens (including phenoxy) is 1. The highest BCUT2D eigenvalue weighted by molar-refractivity contribution is 7.12. The lowest BCUT2D eigenvalue weighted by Gasteiger charge is -2.11. The van der Waals surface area contributed by atoms with Crippen LogP contribution in [0.15, 0.2) is 35.7 Å². The lowest BCUT2D eigenvalue weighted by molar-refractivity contribution is 0.0934. The summed E-state index contributed by atoms with van der Waals surface area (Å²) in [7, 11) is 1.54. The second-order valence-electron chi connectivity index (χ2n) is 5.48. The summed E-state index contributed by atoms with van der Waals surface area (Å²) in [4.78, 5) is 24.7. The lowest BCUT2D eigenvalue weighted by atomic mass is 10.1. The molecule has 0 aliphatic heterocycles. The Morgan fingerprint density at radius 3 is 2.50 bits per heavy atom. The molecule has 0 spiro atoms. The Balaban J connectivity index is 1.92. The van der Waals surface area contributed by atoms with Crippen LogP contribution in [0.2, 0.25) is 0 Å². The van der Waals surface area contributed by atoms with E-state index in [4.69, 9.17) is 4.74 Å². The van der Waals surface area contributed by atoms with Gasteiger partial charge in [0, 0.05) is 18.2 Å². The molecule has 0 saturated carbocycles. The highest BCUT2D eigenvalue weighted by atomic mass is 32.1. The molecule has 0 aliphatic rings. The standard InChI is InChI=1S/C18H22N2O3S/c1-4-12(2)20-17(21)14-7-5-13(6-8-14)11-19-18(22)16-15(23-3)9-10-24-16/h5-10,12H,4,11H2,1-3H3,(H,19,22)(H,20,21). The van der Waals surface area contributed by atoms with Crippen LogP contribution in [-0.4, -0.2) is 25.0 Å². The van der Waals surface area contributed by atoms with E-state index >= 15 is 0 Å². The summed E-state index contributed by atoms with van der Waals surface area (Å²) in [5, 5.41) is 7.60. The minimum atomic E-state index is -0.166. The third-order valence-electron chi connectivity index (χ3n) is 3.71. The van der Waals surface area contributed by atoms with E-state index in [-0.39, 0.29) is 17.9 Å². The molecule has 5 nitrogen and oxygen atoms in total. The van der Waals surface area contributed by atoms with Gasteiger partial charge in [-0.2, -0.15) is 0 Å². The summed E-state index contributed by atoms with van der Waals surface area (Å²) in [6.45, 7) is 4.40. The van der Waals surface area contributed by atoms with Crippen LogP contribution < -0.4 is 15.4 Å². The van der Waals surface area contributed by atoms with Gasteiger partial charge in [0.25, 0.3) is 11.8 Å². The molecule has 1 heterocycles. The van der Waals surface area contributed by atoms with Crippen molar-refractivity contribution in [3.63, 3.8) is 0 Å². The highest BCUT2D eigenvalue weighted by Crippen LogP contribution is 2.24. The van der Waals surface area contributed by atoms with E-state index in [0.717, 1.165) is 12.0 Å². The van der Waals surface area contributed by atoms with E-state index in [0.29, 0.717) is 22.7 Å². The molecule has 2 rings (SSSR count). The molecule has 0 radical (unpaired) electrons. The number of nitrogens with one attached hydrogen (secondary N) is 2. The summed E-state index contributed by atoms with van der Waals surface area (Å²) < 4.78 is 5.15. The van der Waals surface area contributed by atoms with Gasteiger partial charge < -0.3 is 15.4 Å². The Hall–Kier alpha value is -2.34. The number of benzene rings is 1. The molecule has 1 aromatic heterocycles. The van der Waals surface area contributed by atoms with Gasteiger partial charge in [-0.1, -0.05) is 19.1 Å². The largest absolute Gasteiger partial charge is 0.495 e. The predicted octanol–water partition coefficient (Wildman–Crippen LogP) is 3.22. The molecule has 2 amide bonds. The molecular weight excluding hydrogens is 324 g/mol. The number of methoxy groups -OCH3 is 1. The summed E-state index contributed by atoms with van der Waals surface area (Å²) in [5.74, 6) is 0.332. The van der Waals surface area contributed by atoms with Crippen LogP contribution in [0.4, 0.5) is 0 Å². The number of hydrogen-bond donors (Lipinski definition) is 2. The molecule has 2 aromatic rings. The van der Waals surface area contributed by atoms with Gasteiger partial charge in [0.1, 0.15) is 10.6 Å². The smallest absolute Gasteiger partial charge is 0.265 e. The highest BCUT2D eigenvalue weighted by Gasteiger charge is 2.13. The van der Waals surface area contributed by atoms with Crippen molar-refractivity contribution in [1.29, 1.82) is 0 Å². The monoisotopic (exact) mass is 346 g/mol. The zero-order valence-electron chi connectivity index (χ0n) is 14.1. The van der Waals surface area contributed by atoms with E-state index in [2.05, 4.69) is 10.6 Å². The predicted molar refractivity (Wildman–Crippen MR) is 95.7 cm³/mol. The number of carbonyl (C=O) groups excluding carboxylic acids is 2. The summed E-state index contributed by atoms with van der Waals surface area (Å²) in [6.07, 6.45) is 0.891. The van der Waals surface area contributed by atoms with Crippen LogP contribution >= 0.6 is 11.3 Å². The van der Waals surface area contributed by atoms with Gasteiger partial charge in [-0.15, -0.1) is 11.3 Å². The van der Waals surface area contributed by atoms with Gasteiger partial charge in [0.15, 0.2) is 0 Å². The molecule has 128 valence electrons. The molecule has 1 atom stereocenters. The Morgan fingerprint density at radius 1 is 1.17 bits per heavy atom. The van der Waals surface area contributed by atoms with Crippen molar-refractivity contribution >= 4 is 23.2 Å². The van der Waals surface area contributed by atoms with E-state index < -0.39 is 0 Å². The fraction of sp³-hybridized carbons (Fsp3) is 0.333. The van der Waals surface area contributed by atoms with Crippen molar-refractivity contribution < 1.29 is 14.3 Å². The SMILES string of the molecule is CCC(C)NC(=O)c1ccc(CNC(=O)c2sccc2OC)cc1. The van der Waals surface area contributed by atoms with E-state index in [1.165, 1.54) is 11.3 Å². The van der Waals surface area contributed by atoms with Crippen molar-refractivity contribution in [1.82, 2.24) is 10.6 Å². The quantitative estimate of drug-likeness (QED) is 0.809. The van der Waals surface area contributed by atoms with Crippen LogP contribution in [0.1, 0.15) is 45.9 Å². The summed E-state index contributed by atoms with van der Waals surface area (Å²) in [6, 6.07) is 9.15. The van der Waals surface area contributed by atoms with Gasteiger partial charge in [0.05, 0.1) is 7.11 Å². The van der Waals surface area contributed by atoms with E-state index in [1.807, 2.05) is 31.4 Å². The van der Waals surface area contributed by atoms with Crippen LogP contribution in [-0.2, 0) is 6.54 Å². The van der Waals surface area contributed by atoms with Gasteiger partial charge in [-0.25, -0.2) is 0 Å². The number of rotatable bonds is 7. The third kappa shape index (κ3) is 4.58. The van der Waals surface area contributed by atoms with Crippen molar-refractivity contribution in [3.05, 3.63) is 51.7 Å². The first-order valence-electron chi connectivity index (χ1n) is 7.84. The normalized spacial score (nSPS) is 11.6. The zero-order valence-corrected chi connectivity index (χ0v) is 14.9. The number of carbonyl (C=O) groups is 2. The average Bonchev–Trinajstić information content (AvgIpc) is 3.08. The minimum absolute atomic E-state index is 0.0803. The summed E-state index contributed by atoms with van der Waals surface area (Å²) in [5.41, 5.74) is 1.55. The second-order valence-corrected chi connectivity index (χ2v) is 6.40. The maximum absolute atomic E-state index is 12.1. The maximum Gasteiger partial charge on any atom is 0.265 e. The van der Waals surface area contributed by atoms with Crippen LogP contribution in [0.25, 0.3) is 0 Å². The Morgan fingerprint density at radius 2 is 1.88 bits per heavy atom. The lowest BCUT2D eigenvalue weighted by Crippen LogP contribution is -2.31. The molecule has 6 heteroatoms.